The third kappa shape index (κ3) is 7.08. The Morgan fingerprint density at radius 1 is 0.292 bits per heavy atom. The fraction of sp³-hybridized carbons (Fsp3) is 0. The van der Waals surface area contributed by atoms with Crippen molar-refractivity contribution in [1.29, 1.82) is 0 Å². The topological polar surface area (TPSA) is 57.2 Å². The lowest BCUT2D eigenvalue weighted by Crippen LogP contribution is -2.05. The zero-order valence-corrected chi connectivity index (χ0v) is 38.6. The van der Waals surface area contributed by atoms with Crippen LogP contribution in [-0.2, 0) is 0 Å². The van der Waals surface area contributed by atoms with E-state index in [1.54, 1.807) is 0 Å². The van der Waals surface area contributed by atoms with Crippen LogP contribution >= 0.6 is 0 Å². The van der Waals surface area contributed by atoms with Gasteiger partial charge in [-0.15, -0.1) is 0 Å². The Morgan fingerprint density at radius 2 is 0.736 bits per heavy atom. The molecule has 13 rings (SSSR count). The lowest BCUT2D eigenvalue weighted by Gasteiger charge is -2.18. The number of hydrogen-bond donors (Lipinski definition) is 0. The van der Waals surface area contributed by atoms with Crippen molar-refractivity contribution in [3.63, 3.8) is 0 Å². The van der Waals surface area contributed by atoms with Crippen LogP contribution < -0.4 is 0 Å². The monoisotopic (exact) mass is 917 g/mol. The SMILES string of the molecule is [C-]#[N+]c1ccc(-c2nc(-c3ccccc3)nc(-c3ccc(-c4ccccc4[N+]#[C-])cc3-n3c4ccccc4c4cc(-c5ccccc5)ccc43)n2)c(-n2c3ccccc3c3cc(-c4ccccc4)ccc32)c1. The first-order chi connectivity index (χ1) is 35.6. The molecule has 7 heteroatoms. The van der Waals surface area contributed by atoms with Crippen LogP contribution in [0.25, 0.3) is 132 Å². The van der Waals surface area contributed by atoms with Crippen molar-refractivity contribution in [1.82, 2.24) is 24.1 Å². The van der Waals surface area contributed by atoms with Crippen LogP contribution in [0.5, 0.6) is 0 Å². The molecule has 0 amide bonds. The summed E-state index contributed by atoms with van der Waals surface area (Å²) in [6, 6.07) is 80.9. The first kappa shape index (κ1) is 41.9. The molecule has 0 bridgehead atoms. The van der Waals surface area contributed by atoms with E-state index in [1.165, 1.54) is 0 Å². The predicted octanol–water partition coefficient (Wildman–Crippen LogP) is 17.2. The van der Waals surface area contributed by atoms with E-state index in [2.05, 4.69) is 170 Å². The molecule has 10 aromatic carbocycles. The molecule has 0 spiro atoms. The average Bonchev–Trinajstić information content (AvgIpc) is 3.97. The Bertz CT molecular complexity index is 4350. The third-order valence-electron chi connectivity index (χ3n) is 13.6. The number of hydrogen-bond acceptors (Lipinski definition) is 3. The molecule has 0 atom stereocenters. The highest BCUT2D eigenvalue weighted by Gasteiger charge is 2.24. The number of rotatable bonds is 8. The molecule has 0 N–H and O–H groups in total. The Balaban J connectivity index is 1.08. The zero-order chi connectivity index (χ0) is 48.1. The van der Waals surface area contributed by atoms with E-state index < -0.39 is 0 Å². The second-order valence-corrected chi connectivity index (χ2v) is 17.7. The fourth-order valence-corrected chi connectivity index (χ4v) is 10.3. The minimum absolute atomic E-state index is 0.459. The second-order valence-electron chi connectivity index (χ2n) is 17.7. The quantitative estimate of drug-likeness (QED) is 0.143. The largest absolute Gasteiger partial charge is 0.310 e. The van der Waals surface area contributed by atoms with E-state index >= 15 is 0 Å². The van der Waals surface area contributed by atoms with Crippen LogP contribution in [0.3, 0.4) is 0 Å². The first-order valence-electron chi connectivity index (χ1n) is 23.7. The molecule has 3 heterocycles. The normalized spacial score (nSPS) is 11.3. The molecule has 0 saturated carbocycles. The molecular formula is C65H39N7. The average molecular weight is 918 g/mol. The maximum absolute atomic E-state index is 8.21. The molecule has 0 aliphatic carbocycles. The van der Waals surface area contributed by atoms with Crippen molar-refractivity contribution in [2.75, 3.05) is 0 Å². The number of aromatic nitrogens is 5. The number of nitrogens with zero attached hydrogens (tertiary/aromatic N) is 7. The Morgan fingerprint density at radius 3 is 1.29 bits per heavy atom. The third-order valence-corrected chi connectivity index (χ3v) is 13.6. The van der Waals surface area contributed by atoms with E-state index in [0.717, 1.165) is 105 Å². The molecule has 334 valence electrons. The molecule has 7 nitrogen and oxygen atoms in total. The number of fused-ring (bicyclic) bond motifs is 6. The summed E-state index contributed by atoms with van der Waals surface area (Å²) in [7, 11) is 0. The Kier molecular flexibility index (Phi) is 10.1. The second kappa shape index (κ2) is 17.4. The fourth-order valence-electron chi connectivity index (χ4n) is 10.3. The highest BCUT2D eigenvalue weighted by atomic mass is 15.1. The van der Waals surface area contributed by atoms with Gasteiger partial charge in [0.2, 0.25) is 0 Å². The molecule has 3 aromatic heterocycles. The molecular weight excluding hydrogens is 879 g/mol. The highest BCUT2D eigenvalue weighted by Crippen LogP contribution is 2.43. The van der Waals surface area contributed by atoms with Gasteiger partial charge in [-0.25, -0.2) is 24.6 Å². The predicted molar refractivity (Wildman–Crippen MR) is 294 cm³/mol. The van der Waals surface area contributed by atoms with Gasteiger partial charge in [0.1, 0.15) is 0 Å². The Labute approximate surface area is 415 Å². The molecule has 13 aromatic rings. The van der Waals surface area contributed by atoms with Crippen molar-refractivity contribution in [3.8, 4) is 78.9 Å². The summed E-state index contributed by atoms with van der Waals surface area (Å²) >= 11 is 0. The van der Waals surface area contributed by atoms with Gasteiger partial charge >= 0.3 is 0 Å². The van der Waals surface area contributed by atoms with E-state index in [-0.39, 0.29) is 0 Å². The van der Waals surface area contributed by atoms with Gasteiger partial charge in [-0.05, 0) is 88.0 Å². The van der Waals surface area contributed by atoms with E-state index in [1.807, 2.05) is 84.9 Å². The van der Waals surface area contributed by atoms with Gasteiger partial charge in [0.05, 0.1) is 40.9 Å². The van der Waals surface area contributed by atoms with E-state index in [9.17, 15) is 0 Å². The van der Waals surface area contributed by atoms with Crippen molar-refractivity contribution >= 4 is 55.0 Å². The molecule has 0 unspecified atom stereocenters. The first-order valence-corrected chi connectivity index (χ1v) is 23.7. The van der Waals surface area contributed by atoms with Crippen LogP contribution in [0, 0.1) is 13.1 Å². The molecule has 0 radical (unpaired) electrons. The van der Waals surface area contributed by atoms with Crippen LogP contribution in [0.15, 0.2) is 237 Å². The van der Waals surface area contributed by atoms with E-state index in [4.69, 9.17) is 28.1 Å². The summed E-state index contributed by atoms with van der Waals surface area (Å²) in [6.45, 7) is 16.3. The van der Waals surface area contributed by atoms with Gasteiger partial charge in [-0.3, -0.25) is 0 Å². The standard InChI is InChI=1S/C65H39N7/c1-66-48-33-35-53(62(41-48)72-58-29-17-14-26-51(58)55-39-46(32-37-60(55)72)43-20-8-4-9-21-43)65-69-63(44-22-10-5-11-23-44)68-64(70-65)52-34-30-47(49-24-12-15-27-56(49)67-2)40-61(52)71-57-28-16-13-25-50(57)54-38-45(31-36-59(54)71)42-18-6-3-7-19-42/h3-41H. The van der Waals surface area contributed by atoms with Crippen LogP contribution in [-0.4, -0.2) is 24.1 Å². The Hall–Kier alpha value is -10.2. The van der Waals surface area contributed by atoms with Gasteiger partial charge in [0.25, 0.3) is 0 Å². The van der Waals surface area contributed by atoms with Gasteiger partial charge in [0, 0.05) is 43.9 Å². The summed E-state index contributed by atoms with van der Waals surface area (Å²) in [5, 5.41) is 4.41. The van der Waals surface area contributed by atoms with Gasteiger partial charge in [-0.2, -0.15) is 0 Å². The van der Waals surface area contributed by atoms with Crippen molar-refractivity contribution in [3.05, 3.63) is 259 Å². The maximum Gasteiger partial charge on any atom is 0.194 e. The molecule has 0 aliphatic heterocycles. The highest BCUT2D eigenvalue weighted by molar-refractivity contribution is 6.12. The van der Waals surface area contributed by atoms with Crippen molar-refractivity contribution in [2.24, 2.45) is 0 Å². The van der Waals surface area contributed by atoms with Crippen LogP contribution in [0.1, 0.15) is 0 Å². The van der Waals surface area contributed by atoms with Gasteiger partial charge in [0.15, 0.2) is 28.8 Å². The van der Waals surface area contributed by atoms with Crippen molar-refractivity contribution < 1.29 is 0 Å². The van der Waals surface area contributed by atoms with Crippen LogP contribution in [0.2, 0.25) is 0 Å². The zero-order valence-electron chi connectivity index (χ0n) is 38.6. The summed E-state index contributed by atoms with van der Waals surface area (Å²) in [4.78, 5) is 24.0. The smallest absolute Gasteiger partial charge is 0.194 e. The molecule has 0 aliphatic rings. The van der Waals surface area contributed by atoms with Crippen LogP contribution in [0.4, 0.5) is 11.4 Å². The lowest BCUT2D eigenvalue weighted by atomic mass is 9.99. The molecule has 0 saturated heterocycles. The summed E-state index contributed by atoms with van der Waals surface area (Å²) in [5.41, 5.74) is 15.3. The molecule has 0 fully saturated rings. The van der Waals surface area contributed by atoms with E-state index in [0.29, 0.717) is 28.8 Å². The maximum atomic E-state index is 8.21. The number of benzene rings is 10. The number of para-hydroxylation sites is 3. The molecule has 72 heavy (non-hydrogen) atoms. The van der Waals surface area contributed by atoms with Crippen molar-refractivity contribution in [2.45, 2.75) is 0 Å². The lowest BCUT2D eigenvalue weighted by molar-refractivity contribution is 1.06. The summed E-state index contributed by atoms with van der Waals surface area (Å²) in [6.07, 6.45) is 0. The van der Waals surface area contributed by atoms with Gasteiger partial charge < -0.3 is 9.13 Å². The van der Waals surface area contributed by atoms with Gasteiger partial charge in [-0.1, -0.05) is 182 Å². The summed E-state index contributed by atoms with van der Waals surface area (Å²) < 4.78 is 4.55. The minimum atomic E-state index is 0.459. The minimum Gasteiger partial charge on any atom is -0.310 e. The summed E-state index contributed by atoms with van der Waals surface area (Å²) in [5.74, 6) is 1.44.